The maximum atomic E-state index is 13.7. The number of halogens is 9. The predicted octanol–water partition coefficient (Wildman–Crippen LogP) is 5.86. The smallest absolute Gasteiger partial charge is 0.348 e. The van der Waals surface area contributed by atoms with Crippen LogP contribution < -0.4 is 5.32 Å². The number of nitrogens with one attached hydrogen (secondary N) is 1. The number of nitrogens with zero attached hydrogens (tertiary/aromatic N) is 2. The van der Waals surface area contributed by atoms with Crippen LogP contribution in [0.5, 0.6) is 0 Å². The van der Waals surface area contributed by atoms with E-state index in [9.17, 15) is 44.3 Å². The maximum absolute atomic E-state index is 13.7. The van der Waals surface area contributed by atoms with Crippen LogP contribution in [0.25, 0.3) is 5.69 Å². The Kier molecular flexibility index (Phi) is 6.18. The Morgan fingerprint density at radius 1 is 0.818 bits per heavy atom. The van der Waals surface area contributed by atoms with Gasteiger partial charge in [-0.1, -0.05) is 18.2 Å². The molecule has 0 saturated heterocycles. The zero-order valence-electron chi connectivity index (χ0n) is 16.1. The van der Waals surface area contributed by atoms with Crippen LogP contribution >= 0.6 is 0 Å². The summed E-state index contributed by atoms with van der Waals surface area (Å²) in [6, 6.07) is 6.72. The number of hydrogen-bond acceptors (Lipinski definition) is 2. The van der Waals surface area contributed by atoms with Gasteiger partial charge in [0.05, 0.1) is 28.6 Å². The fraction of sp³-hybridized carbons (Fsp3) is 0.200. The van der Waals surface area contributed by atoms with Gasteiger partial charge in [0, 0.05) is 6.54 Å². The predicted molar refractivity (Wildman–Crippen MR) is 96.2 cm³/mol. The standard InChI is InChI=1S/C20H12F9N3O/c21-18(22,23)12-4-1-3-11(7-12)9-30-17(33)15-10-31-32(16(15)20(27,28)29)14-6-2-5-13(8-14)19(24,25)26/h1-8,10H,9H2,(H,30,33). The van der Waals surface area contributed by atoms with E-state index in [1.807, 2.05) is 0 Å². The summed E-state index contributed by atoms with van der Waals surface area (Å²) < 4.78 is 118. The van der Waals surface area contributed by atoms with Gasteiger partial charge in [-0.3, -0.25) is 4.79 Å². The molecule has 1 amide bonds. The van der Waals surface area contributed by atoms with Crippen molar-refractivity contribution in [2.24, 2.45) is 0 Å². The third-order valence-electron chi connectivity index (χ3n) is 4.41. The first-order valence-electron chi connectivity index (χ1n) is 8.95. The molecule has 4 nitrogen and oxygen atoms in total. The highest BCUT2D eigenvalue weighted by Gasteiger charge is 2.41. The number of hydrogen-bond donors (Lipinski definition) is 1. The molecule has 1 aromatic heterocycles. The van der Waals surface area contributed by atoms with Crippen LogP contribution in [0, 0.1) is 0 Å². The third kappa shape index (κ3) is 5.46. The molecule has 0 aliphatic heterocycles. The zero-order chi connectivity index (χ0) is 24.6. The first-order valence-corrected chi connectivity index (χ1v) is 8.95. The molecule has 176 valence electrons. The minimum Gasteiger partial charge on any atom is -0.348 e. The number of aromatic nitrogens is 2. The summed E-state index contributed by atoms with van der Waals surface area (Å²) in [5, 5.41) is 5.49. The summed E-state index contributed by atoms with van der Waals surface area (Å²) in [4.78, 5) is 12.4. The van der Waals surface area contributed by atoms with Crippen molar-refractivity contribution >= 4 is 5.91 Å². The summed E-state index contributed by atoms with van der Waals surface area (Å²) in [6.07, 6.45) is -14.2. The Hall–Kier alpha value is -3.51. The minimum absolute atomic E-state index is 0.0306. The second-order valence-corrected chi connectivity index (χ2v) is 6.75. The van der Waals surface area contributed by atoms with Crippen LogP contribution in [0.2, 0.25) is 0 Å². The number of rotatable bonds is 4. The lowest BCUT2D eigenvalue weighted by Gasteiger charge is -2.14. The van der Waals surface area contributed by atoms with Gasteiger partial charge in [0.15, 0.2) is 5.69 Å². The van der Waals surface area contributed by atoms with Crippen LogP contribution in [0.4, 0.5) is 39.5 Å². The lowest BCUT2D eigenvalue weighted by molar-refractivity contribution is -0.143. The number of carbonyl (C=O) groups excluding carboxylic acids is 1. The maximum Gasteiger partial charge on any atom is 0.434 e. The van der Waals surface area contributed by atoms with E-state index in [0.717, 1.165) is 30.3 Å². The molecule has 0 spiro atoms. The van der Waals surface area contributed by atoms with E-state index in [2.05, 4.69) is 10.4 Å². The Balaban J connectivity index is 1.92. The molecule has 0 saturated carbocycles. The van der Waals surface area contributed by atoms with E-state index in [1.165, 1.54) is 6.07 Å². The fourth-order valence-corrected chi connectivity index (χ4v) is 2.93. The van der Waals surface area contributed by atoms with Gasteiger partial charge in [-0.05, 0) is 35.9 Å². The third-order valence-corrected chi connectivity index (χ3v) is 4.41. The molecule has 0 unspecified atom stereocenters. The van der Waals surface area contributed by atoms with Gasteiger partial charge in [-0.2, -0.15) is 44.6 Å². The lowest BCUT2D eigenvalue weighted by Crippen LogP contribution is -2.26. The van der Waals surface area contributed by atoms with Gasteiger partial charge in [0.25, 0.3) is 5.91 Å². The van der Waals surface area contributed by atoms with Crippen LogP contribution in [0.1, 0.15) is 32.7 Å². The first kappa shape index (κ1) is 24.1. The van der Waals surface area contributed by atoms with E-state index in [-0.39, 0.29) is 10.2 Å². The van der Waals surface area contributed by atoms with E-state index in [1.54, 1.807) is 0 Å². The van der Waals surface area contributed by atoms with Gasteiger partial charge < -0.3 is 5.32 Å². The summed E-state index contributed by atoms with van der Waals surface area (Å²) >= 11 is 0. The second-order valence-electron chi connectivity index (χ2n) is 6.75. The molecule has 0 bridgehead atoms. The molecule has 1 heterocycles. The van der Waals surface area contributed by atoms with Crippen molar-refractivity contribution in [2.45, 2.75) is 25.1 Å². The highest BCUT2D eigenvalue weighted by atomic mass is 19.4. The lowest BCUT2D eigenvalue weighted by atomic mass is 10.1. The van der Waals surface area contributed by atoms with Crippen molar-refractivity contribution in [3.8, 4) is 5.69 Å². The molecule has 3 aromatic rings. The molecule has 0 radical (unpaired) electrons. The summed E-state index contributed by atoms with van der Waals surface area (Å²) in [6.45, 7) is -0.533. The summed E-state index contributed by atoms with van der Waals surface area (Å²) in [5.74, 6) is -1.32. The number of carbonyl (C=O) groups is 1. The van der Waals surface area contributed by atoms with E-state index >= 15 is 0 Å². The molecule has 33 heavy (non-hydrogen) atoms. The van der Waals surface area contributed by atoms with Crippen LogP contribution in [-0.2, 0) is 25.1 Å². The highest BCUT2D eigenvalue weighted by Crippen LogP contribution is 2.35. The van der Waals surface area contributed by atoms with Crippen molar-refractivity contribution in [1.82, 2.24) is 15.1 Å². The van der Waals surface area contributed by atoms with Crippen molar-refractivity contribution in [2.75, 3.05) is 0 Å². The van der Waals surface area contributed by atoms with Gasteiger partial charge in [0.1, 0.15) is 0 Å². The van der Waals surface area contributed by atoms with Gasteiger partial charge in [0.2, 0.25) is 0 Å². The second kappa shape index (κ2) is 8.45. The molecular formula is C20H12F9N3O. The number of alkyl halides is 9. The van der Waals surface area contributed by atoms with Crippen LogP contribution in [-0.4, -0.2) is 15.7 Å². The first-order chi connectivity index (χ1) is 15.2. The molecule has 2 aromatic carbocycles. The van der Waals surface area contributed by atoms with E-state index in [0.29, 0.717) is 18.3 Å². The Labute approximate surface area is 179 Å². The largest absolute Gasteiger partial charge is 0.434 e. The molecule has 0 fully saturated rings. The molecular weight excluding hydrogens is 469 g/mol. The van der Waals surface area contributed by atoms with Gasteiger partial charge >= 0.3 is 18.5 Å². The van der Waals surface area contributed by atoms with E-state index in [4.69, 9.17) is 0 Å². The summed E-state index contributed by atoms with van der Waals surface area (Å²) in [5.41, 5.74) is -5.50. The monoisotopic (exact) mass is 481 g/mol. The molecule has 13 heteroatoms. The SMILES string of the molecule is O=C(NCc1cccc(C(F)(F)F)c1)c1cnn(-c2cccc(C(F)(F)F)c2)c1C(F)(F)F. The Morgan fingerprint density at radius 2 is 1.39 bits per heavy atom. The van der Waals surface area contributed by atoms with Crippen molar-refractivity contribution in [1.29, 1.82) is 0 Å². The summed E-state index contributed by atoms with van der Waals surface area (Å²) in [7, 11) is 0. The normalized spacial score (nSPS) is 12.6. The number of amides is 1. The van der Waals surface area contributed by atoms with Crippen molar-refractivity contribution in [3.63, 3.8) is 0 Å². The van der Waals surface area contributed by atoms with Crippen molar-refractivity contribution < 1.29 is 44.3 Å². The average molecular weight is 481 g/mol. The van der Waals surface area contributed by atoms with Gasteiger partial charge in [-0.15, -0.1) is 0 Å². The topological polar surface area (TPSA) is 46.9 Å². The Bertz CT molecular complexity index is 1160. The highest BCUT2D eigenvalue weighted by molar-refractivity contribution is 5.95. The zero-order valence-corrected chi connectivity index (χ0v) is 16.1. The molecule has 0 aliphatic carbocycles. The van der Waals surface area contributed by atoms with Crippen molar-refractivity contribution in [3.05, 3.63) is 82.7 Å². The van der Waals surface area contributed by atoms with Gasteiger partial charge in [-0.25, -0.2) is 4.68 Å². The molecule has 3 rings (SSSR count). The van der Waals surface area contributed by atoms with Crippen LogP contribution in [0.3, 0.4) is 0 Å². The average Bonchev–Trinajstić information content (AvgIpc) is 3.17. The minimum atomic E-state index is -5.19. The quantitative estimate of drug-likeness (QED) is 0.475. The molecule has 0 atom stereocenters. The molecule has 1 N–H and O–H groups in total. The van der Waals surface area contributed by atoms with Crippen LogP contribution in [0.15, 0.2) is 54.7 Å². The Morgan fingerprint density at radius 3 is 1.97 bits per heavy atom. The molecule has 0 aliphatic rings. The number of benzene rings is 2. The fourth-order valence-electron chi connectivity index (χ4n) is 2.93. The van der Waals surface area contributed by atoms with E-state index < -0.39 is 59.1 Å².